The number of aliphatic hydroxyl groups is 1. The summed E-state index contributed by atoms with van der Waals surface area (Å²) < 4.78 is 0. The van der Waals surface area contributed by atoms with Gasteiger partial charge in [-0.2, -0.15) is 0 Å². The van der Waals surface area contributed by atoms with E-state index in [1.165, 1.54) is 12.1 Å². The van der Waals surface area contributed by atoms with Gasteiger partial charge >= 0.3 is 5.97 Å². The number of carboxylic acids is 1. The van der Waals surface area contributed by atoms with Crippen LogP contribution in [-0.2, 0) is 11.3 Å². The fourth-order valence-electron chi connectivity index (χ4n) is 2.10. The number of carbonyl (C=O) groups excluding carboxylic acids is 1. The smallest absolute Gasteiger partial charge is 0.335 e. The summed E-state index contributed by atoms with van der Waals surface area (Å²) in [4.78, 5) is 24.0. The molecule has 1 aliphatic rings. The molecule has 1 aromatic carbocycles. The van der Waals surface area contributed by atoms with Crippen LogP contribution in [0.3, 0.4) is 0 Å². The Labute approximate surface area is 105 Å². The highest BCUT2D eigenvalue weighted by Gasteiger charge is 2.28. The van der Waals surface area contributed by atoms with E-state index >= 15 is 0 Å². The largest absolute Gasteiger partial charge is 0.478 e. The van der Waals surface area contributed by atoms with Gasteiger partial charge in [-0.15, -0.1) is 0 Å². The Bertz CT molecular complexity index is 455. The third-order valence-electron chi connectivity index (χ3n) is 3.13. The number of aliphatic hydroxyl groups excluding tert-OH is 1. The molecule has 0 saturated carbocycles. The van der Waals surface area contributed by atoms with Crippen molar-refractivity contribution in [2.75, 3.05) is 13.2 Å². The summed E-state index contributed by atoms with van der Waals surface area (Å²) in [5.41, 5.74) is 1.13. The highest BCUT2D eigenvalue weighted by atomic mass is 16.4. The lowest BCUT2D eigenvalue weighted by atomic mass is 10.1. The van der Waals surface area contributed by atoms with Crippen LogP contribution in [0, 0.1) is 5.92 Å². The fraction of sp³-hybridized carbons (Fsp3) is 0.385. The molecule has 1 unspecified atom stereocenters. The lowest BCUT2D eigenvalue weighted by molar-refractivity contribution is -0.128. The summed E-state index contributed by atoms with van der Waals surface area (Å²) >= 11 is 0. The van der Waals surface area contributed by atoms with Crippen molar-refractivity contribution in [2.45, 2.75) is 13.0 Å². The number of hydrogen-bond donors (Lipinski definition) is 2. The van der Waals surface area contributed by atoms with Crippen LogP contribution >= 0.6 is 0 Å². The molecule has 2 N–H and O–H groups in total. The number of hydrogen-bond acceptors (Lipinski definition) is 3. The maximum Gasteiger partial charge on any atom is 0.335 e. The van der Waals surface area contributed by atoms with E-state index in [1.807, 2.05) is 0 Å². The van der Waals surface area contributed by atoms with Crippen LogP contribution in [0.4, 0.5) is 0 Å². The second kappa shape index (κ2) is 5.18. The molecule has 1 fully saturated rings. The highest BCUT2D eigenvalue weighted by molar-refractivity contribution is 5.87. The van der Waals surface area contributed by atoms with Crippen LogP contribution in [0.1, 0.15) is 22.3 Å². The average molecular weight is 249 g/mol. The number of likely N-dealkylation sites (tertiary alicyclic amines) is 1. The number of rotatable bonds is 4. The Hall–Kier alpha value is -1.88. The Morgan fingerprint density at radius 1 is 1.33 bits per heavy atom. The van der Waals surface area contributed by atoms with Gasteiger partial charge in [-0.25, -0.2) is 4.79 Å². The molecule has 5 nitrogen and oxygen atoms in total. The van der Waals surface area contributed by atoms with E-state index in [1.54, 1.807) is 17.0 Å². The van der Waals surface area contributed by atoms with E-state index in [0.29, 0.717) is 19.5 Å². The predicted molar refractivity (Wildman–Crippen MR) is 64.0 cm³/mol. The van der Waals surface area contributed by atoms with E-state index in [4.69, 9.17) is 10.2 Å². The summed E-state index contributed by atoms with van der Waals surface area (Å²) in [6, 6.07) is 6.48. The topological polar surface area (TPSA) is 77.8 Å². The maximum absolute atomic E-state index is 11.6. The van der Waals surface area contributed by atoms with Crippen LogP contribution in [0.5, 0.6) is 0 Å². The van der Waals surface area contributed by atoms with Crippen molar-refractivity contribution in [1.29, 1.82) is 0 Å². The standard InChI is InChI=1S/C13H15NO4/c15-8-10-5-12(16)14(7-10)6-9-1-3-11(4-2-9)13(17)18/h1-4,10,15H,5-8H2,(H,17,18). The molecule has 0 spiro atoms. The fourth-order valence-corrected chi connectivity index (χ4v) is 2.10. The first-order valence-corrected chi connectivity index (χ1v) is 5.81. The zero-order valence-electron chi connectivity index (χ0n) is 9.87. The molecule has 0 radical (unpaired) electrons. The number of nitrogens with zero attached hydrogens (tertiary/aromatic N) is 1. The lowest BCUT2D eigenvalue weighted by Gasteiger charge is -2.16. The zero-order chi connectivity index (χ0) is 13.1. The van der Waals surface area contributed by atoms with Gasteiger partial charge in [0.25, 0.3) is 0 Å². The van der Waals surface area contributed by atoms with Gasteiger partial charge in [-0.3, -0.25) is 4.79 Å². The second-order valence-electron chi connectivity index (χ2n) is 4.53. The molecule has 1 saturated heterocycles. The third-order valence-corrected chi connectivity index (χ3v) is 3.13. The SMILES string of the molecule is O=C(O)c1ccc(CN2CC(CO)CC2=O)cc1. The predicted octanol–water partition coefficient (Wildman–Crippen LogP) is 0.726. The molecule has 0 bridgehead atoms. The van der Waals surface area contributed by atoms with E-state index in [-0.39, 0.29) is 24.0 Å². The lowest BCUT2D eigenvalue weighted by Crippen LogP contribution is -2.24. The summed E-state index contributed by atoms with van der Waals surface area (Å²) in [6.07, 6.45) is 0.393. The van der Waals surface area contributed by atoms with Crippen molar-refractivity contribution in [3.8, 4) is 0 Å². The Morgan fingerprint density at radius 2 is 2.00 bits per heavy atom. The summed E-state index contributed by atoms with van der Waals surface area (Å²) in [5.74, 6) is -0.897. The van der Waals surface area contributed by atoms with E-state index < -0.39 is 5.97 Å². The molecule has 96 valence electrons. The van der Waals surface area contributed by atoms with Crippen LogP contribution < -0.4 is 0 Å². The maximum atomic E-state index is 11.6. The minimum Gasteiger partial charge on any atom is -0.478 e. The van der Waals surface area contributed by atoms with Gasteiger partial charge in [-0.1, -0.05) is 12.1 Å². The minimum absolute atomic E-state index is 0.0239. The van der Waals surface area contributed by atoms with E-state index in [9.17, 15) is 9.59 Å². The van der Waals surface area contributed by atoms with Gasteiger partial charge in [0.2, 0.25) is 5.91 Å². The normalized spacial score (nSPS) is 19.3. The number of carbonyl (C=O) groups is 2. The number of benzene rings is 1. The summed E-state index contributed by atoms with van der Waals surface area (Å²) in [5, 5.41) is 17.8. The van der Waals surface area contributed by atoms with Crippen molar-refractivity contribution < 1.29 is 19.8 Å². The van der Waals surface area contributed by atoms with Gasteiger partial charge in [0.15, 0.2) is 0 Å². The number of carboxylic acid groups (broad SMARTS) is 1. The molecule has 2 rings (SSSR count). The van der Waals surface area contributed by atoms with Crippen molar-refractivity contribution in [1.82, 2.24) is 4.90 Å². The summed E-state index contributed by atoms with van der Waals surface area (Å²) in [7, 11) is 0. The van der Waals surface area contributed by atoms with Gasteiger partial charge in [0.05, 0.1) is 5.56 Å². The molecule has 1 atom stereocenters. The molecule has 5 heteroatoms. The summed E-state index contributed by atoms with van der Waals surface area (Å²) in [6.45, 7) is 1.06. The first-order valence-electron chi connectivity index (χ1n) is 5.81. The Kier molecular flexibility index (Phi) is 3.62. The average Bonchev–Trinajstić information content (AvgIpc) is 2.71. The molecule has 18 heavy (non-hydrogen) atoms. The molecular weight excluding hydrogens is 234 g/mol. The molecule has 1 heterocycles. The third kappa shape index (κ3) is 2.68. The number of amides is 1. The molecule has 0 aromatic heterocycles. The first kappa shape index (κ1) is 12.6. The second-order valence-corrected chi connectivity index (χ2v) is 4.53. The van der Waals surface area contributed by atoms with Crippen molar-refractivity contribution in [2.24, 2.45) is 5.92 Å². The molecule has 0 aliphatic carbocycles. The van der Waals surface area contributed by atoms with Gasteiger partial charge in [-0.05, 0) is 17.7 Å². The molecular formula is C13H15NO4. The van der Waals surface area contributed by atoms with Gasteiger partial charge in [0, 0.05) is 32.0 Å². The highest BCUT2D eigenvalue weighted by Crippen LogP contribution is 2.19. The molecule has 1 aliphatic heterocycles. The van der Waals surface area contributed by atoms with E-state index in [2.05, 4.69) is 0 Å². The van der Waals surface area contributed by atoms with Crippen LogP contribution in [0.2, 0.25) is 0 Å². The van der Waals surface area contributed by atoms with Crippen LogP contribution in [0.25, 0.3) is 0 Å². The Balaban J connectivity index is 2.01. The molecule has 1 amide bonds. The molecule has 1 aromatic rings. The van der Waals surface area contributed by atoms with E-state index in [0.717, 1.165) is 5.56 Å². The zero-order valence-corrected chi connectivity index (χ0v) is 9.87. The monoisotopic (exact) mass is 249 g/mol. The van der Waals surface area contributed by atoms with Crippen molar-refractivity contribution in [3.05, 3.63) is 35.4 Å². The first-order chi connectivity index (χ1) is 8.60. The quantitative estimate of drug-likeness (QED) is 0.824. The Morgan fingerprint density at radius 3 is 2.50 bits per heavy atom. The van der Waals surface area contributed by atoms with Crippen molar-refractivity contribution >= 4 is 11.9 Å². The van der Waals surface area contributed by atoms with Gasteiger partial charge in [0.1, 0.15) is 0 Å². The van der Waals surface area contributed by atoms with Gasteiger partial charge < -0.3 is 15.1 Å². The minimum atomic E-state index is -0.959. The van der Waals surface area contributed by atoms with Crippen molar-refractivity contribution in [3.63, 3.8) is 0 Å². The number of aromatic carboxylic acids is 1. The van der Waals surface area contributed by atoms with Crippen LogP contribution in [0.15, 0.2) is 24.3 Å². The van der Waals surface area contributed by atoms with Crippen LogP contribution in [-0.4, -0.2) is 40.1 Å².